The summed E-state index contributed by atoms with van der Waals surface area (Å²) in [5.74, 6) is 0. The van der Waals surface area contributed by atoms with Crippen LogP contribution in [0.3, 0.4) is 0 Å². The van der Waals surface area contributed by atoms with Gasteiger partial charge in [0.2, 0.25) is 0 Å². The number of para-hydroxylation sites is 2. The lowest BCUT2D eigenvalue weighted by Gasteiger charge is -2.30. The molecular formula is C54H42N2. The van der Waals surface area contributed by atoms with Gasteiger partial charge >= 0.3 is 0 Å². The van der Waals surface area contributed by atoms with E-state index in [9.17, 15) is 0 Å². The summed E-state index contributed by atoms with van der Waals surface area (Å²) < 4.78 is 2.40. The van der Waals surface area contributed by atoms with Crippen molar-refractivity contribution in [3.63, 3.8) is 0 Å². The number of nitrogens with zero attached hydrogens (tertiary/aromatic N) is 2. The maximum atomic E-state index is 2.51. The number of rotatable bonds is 5. The highest BCUT2D eigenvalue weighted by atomic mass is 15.1. The van der Waals surface area contributed by atoms with Crippen molar-refractivity contribution in [1.82, 2.24) is 4.57 Å². The van der Waals surface area contributed by atoms with Crippen LogP contribution in [0.4, 0.5) is 17.1 Å². The van der Waals surface area contributed by atoms with Gasteiger partial charge in [0.15, 0.2) is 0 Å². The molecular weight excluding hydrogens is 677 g/mol. The average molecular weight is 719 g/mol. The predicted molar refractivity (Wildman–Crippen MR) is 236 cm³/mol. The second kappa shape index (κ2) is 11.9. The molecule has 0 fully saturated rings. The van der Waals surface area contributed by atoms with Crippen LogP contribution in [-0.2, 0) is 10.8 Å². The first-order chi connectivity index (χ1) is 27.3. The molecule has 2 aliphatic rings. The first-order valence-electron chi connectivity index (χ1n) is 19.8. The van der Waals surface area contributed by atoms with Gasteiger partial charge in [-0.2, -0.15) is 0 Å². The van der Waals surface area contributed by atoms with Gasteiger partial charge in [0.25, 0.3) is 0 Å². The molecule has 0 unspecified atom stereocenters. The largest absolute Gasteiger partial charge is 0.310 e. The van der Waals surface area contributed by atoms with Crippen LogP contribution in [-0.4, -0.2) is 4.57 Å². The van der Waals surface area contributed by atoms with Crippen LogP contribution < -0.4 is 4.90 Å². The lowest BCUT2D eigenvalue weighted by molar-refractivity contribution is 0.660. The van der Waals surface area contributed by atoms with Crippen molar-refractivity contribution >= 4 is 38.9 Å². The molecule has 0 spiro atoms. The smallest absolute Gasteiger partial charge is 0.0547 e. The van der Waals surface area contributed by atoms with Gasteiger partial charge in [0.1, 0.15) is 0 Å². The van der Waals surface area contributed by atoms with Crippen LogP contribution in [0, 0.1) is 0 Å². The van der Waals surface area contributed by atoms with Crippen molar-refractivity contribution < 1.29 is 0 Å². The van der Waals surface area contributed by atoms with E-state index in [1.54, 1.807) is 0 Å². The van der Waals surface area contributed by atoms with Crippen molar-refractivity contribution in [3.05, 3.63) is 204 Å². The molecule has 2 nitrogen and oxygen atoms in total. The fourth-order valence-corrected chi connectivity index (χ4v) is 10.0. The third-order valence-corrected chi connectivity index (χ3v) is 12.8. The molecule has 2 aliphatic carbocycles. The molecule has 56 heavy (non-hydrogen) atoms. The third-order valence-electron chi connectivity index (χ3n) is 12.8. The second-order valence-electron chi connectivity index (χ2n) is 16.6. The van der Waals surface area contributed by atoms with E-state index in [-0.39, 0.29) is 10.8 Å². The molecule has 0 amide bonds. The molecule has 0 N–H and O–H groups in total. The van der Waals surface area contributed by atoms with E-state index < -0.39 is 0 Å². The standard InChI is InChI=1S/C54H42N2/c1-53(2)46-24-12-9-22-44(46)52-47(53)25-15-27-50(52)55(39-29-31-41-40-20-8-11-23-45(40)54(3,4)48(41)34-39)38-19-14-16-35(32-38)36-28-30-43-42-21-10-13-26-49(42)56(51(43)33-36)37-17-6-5-7-18-37/h5-34H,1-4H3. The van der Waals surface area contributed by atoms with Crippen molar-refractivity contribution in [3.8, 4) is 39.1 Å². The Labute approximate surface area is 328 Å². The van der Waals surface area contributed by atoms with Crippen molar-refractivity contribution in [2.75, 3.05) is 4.90 Å². The summed E-state index contributed by atoms with van der Waals surface area (Å²) in [4.78, 5) is 2.51. The first-order valence-corrected chi connectivity index (χ1v) is 19.8. The SMILES string of the molecule is CC1(C)c2ccccc2-c2ccc(N(c3cccc(-c4ccc5c6ccccc6n(-c6ccccc6)c5c4)c3)c3cccc4c3-c3ccccc3C4(C)C)cc21. The topological polar surface area (TPSA) is 8.17 Å². The second-order valence-corrected chi connectivity index (χ2v) is 16.6. The predicted octanol–water partition coefficient (Wildman–Crippen LogP) is 14.5. The fourth-order valence-electron chi connectivity index (χ4n) is 10.0. The highest BCUT2D eigenvalue weighted by Crippen LogP contribution is 2.56. The first kappa shape index (κ1) is 32.8. The van der Waals surface area contributed by atoms with Crippen LogP contribution in [0.1, 0.15) is 49.9 Å². The van der Waals surface area contributed by atoms with Gasteiger partial charge in [-0.3, -0.25) is 0 Å². The Balaban J connectivity index is 1.13. The molecule has 2 heteroatoms. The molecule has 8 aromatic carbocycles. The van der Waals surface area contributed by atoms with Crippen LogP contribution in [0.5, 0.6) is 0 Å². The third kappa shape index (κ3) is 4.62. The van der Waals surface area contributed by atoms with Gasteiger partial charge < -0.3 is 9.47 Å². The van der Waals surface area contributed by atoms with Crippen LogP contribution in [0.2, 0.25) is 0 Å². The number of anilines is 3. The van der Waals surface area contributed by atoms with Crippen molar-refractivity contribution in [1.29, 1.82) is 0 Å². The summed E-state index contributed by atoms with van der Waals surface area (Å²) in [6.45, 7) is 9.48. The Hall–Kier alpha value is -6.64. The maximum absolute atomic E-state index is 2.51. The number of fused-ring (bicyclic) bond motifs is 9. The molecule has 0 atom stereocenters. The van der Waals surface area contributed by atoms with E-state index in [0.29, 0.717) is 0 Å². The zero-order valence-corrected chi connectivity index (χ0v) is 32.2. The molecule has 1 heterocycles. The lowest BCUT2D eigenvalue weighted by Crippen LogP contribution is -2.17. The van der Waals surface area contributed by atoms with Crippen LogP contribution >= 0.6 is 0 Å². The van der Waals surface area contributed by atoms with Crippen LogP contribution in [0.15, 0.2) is 182 Å². The Morgan fingerprint density at radius 3 is 1.84 bits per heavy atom. The van der Waals surface area contributed by atoms with Crippen LogP contribution in [0.25, 0.3) is 60.9 Å². The van der Waals surface area contributed by atoms with E-state index >= 15 is 0 Å². The molecule has 268 valence electrons. The highest BCUT2D eigenvalue weighted by molar-refractivity contribution is 6.10. The summed E-state index contributed by atoms with van der Waals surface area (Å²) in [6.07, 6.45) is 0. The molecule has 0 bridgehead atoms. The van der Waals surface area contributed by atoms with Gasteiger partial charge in [-0.05, 0) is 105 Å². The molecule has 0 saturated carbocycles. The molecule has 1 aromatic heterocycles. The number of aromatic nitrogens is 1. The Morgan fingerprint density at radius 2 is 1.00 bits per heavy atom. The quantitative estimate of drug-likeness (QED) is 0.172. The van der Waals surface area contributed by atoms with E-state index in [1.807, 2.05) is 0 Å². The normalized spacial score (nSPS) is 14.4. The van der Waals surface area contributed by atoms with E-state index in [1.165, 1.54) is 88.8 Å². The minimum atomic E-state index is -0.116. The molecule has 0 radical (unpaired) electrons. The summed E-state index contributed by atoms with van der Waals surface area (Å²) in [5.41, 5.74) is 20.0. The summed E-state index contributed by atoms with van der Waals surface area (Å²) in [5, 5.41) is 2.52. The Kier molecular flexibility index (Phi) is 6.98. The Bertz CT molecular complexity index is 3030. The lowest BCUT2D eigenvalue weighted by atomic mass is 9.82. The fraction of sp³-hybridized carbons (Fsp3) is 0.111. The molecule has 0 saturated heterocycles. The molecule has 0 aliphatic heterocycles. The molecule has 11 rings (SSSR count). The van der Waals surface area contributed by atoms with Gasteiger partial charge in [-0.1, -0.05) is 155 Å². The summed E-state index contributed by atoms with van der Waals surface area (Å²) >= 11 is 0. The summed E-state index contributed by atoms with van der Waals surface area (Å²) in [6, 6.07) is 67.5. The van der Waals surface area contributed by atoms with E-state index in [2.05, 4.69) is 219 Å². The number of benzene rings is 8. The average Bonchev–Trinajstić information content (AvgIpc) is 3.78. The Morgan fingerprint density at radius 1 is 0.393 bits per heavy atom. The van der Waals surface area contributed by atoms with Gasteiger partial charge in [-0.25, -0.2) is 0 Å². The highest BCUT2D eigenvalue weighted by Gasteiger charge is 2.39. The van der Waals surface area contributed by atoms with Gasteiger partial charge in [0, 0.05) is 44.2 Å². The zero-order chi connectivity index (χ0) is 37.8. The van der Waals surface area contributed by atoms with Gasteiger partial charge in [0.05, 0.1) is 16.7 Å². The number of hydrogen-bond donors (Lipinski definition) is 0. The van der Waals surface area contributed by atoms with Crippen molar-refractivity contribution in [2.45, 2.75) is 38.5 Å². The minimum Gasteiger partial charge on any atom is -0.310 e. The maximum Gasteiger partial charge on any atom is 0.0547 e. The van der Waals surface area contributed by atoms with E-state index in [4.69, 9.17) is 0 Å². The van der Waals surface area contributed by atoms with Gasteiger partial charge in [-0.15, -0.1) is 0 Å². The monoisotopic (exact) mass is 718 g/mol. The van der Waals surface area contributed by atoms with E-state index in [0.717, 1.165) is 11.4 Å². The zero-order valence-electron chi connectivity index (χ0n) is 32.2. The number of hydrogen-bond acceptors (Lipinski definition) is 1. The van der Waals surface area contributed by atoms with Crippen molar-refractivity contribution in [2.24, 2.45) is 0 Å². The molecule has 9 aromatic rings. The summed E-state index contributed by atoms with van der Waals surface area (Å²) in [7, 11) is 0. The minimum absolute atomic E-state index is 0.107.